The highest BCUT2D eigenvalue weighted by atomic mass is 32.1. The summed E-state index contributed by atoms with van der Waals surface area (Å²) >= 11 is 1.53. The third kappa shape index (κ3) is 3.03. The van der Waals surface area contributed by atoms with Gasteiger partial charge in [0.15, 0.2) is 0 Å². The molecule has 1 aliphatic heterocycles. The molecule has 1 unspecified atom stereocenters. The molecule has 22 heavy (non-hydrogen) atoms. The Labute approximate surface area is 135 Å². The second kappa shape index (κ2) is 6.38. The van der Waals surface area contributed by atoms with E-state index in [1.54, 1.807) is 0 Å². The molecule has 0 aliphatic carbocycles. The van der Waals surface area contributed by atoms with Crippen molar-refractivity contribution in [1.29, 1.82) is 0 Å². The van der Waals surface area contributed by atoms with Gasteiger partial charge in [-0.3, -0.25) is 9.48 Å². The predicted molar refractivity (Wildman–Crippen MR) is 90.6 cm³/mol. The Balaban J connectivity index is 1.67. The molecule has 3 heterocycles. The molecule has 2 aromatic heterocycles. The molecule has 3 rings (SSSR count). The Kier molecular flexibility index (Phi) is 4.49. The summed E-state index contributed by atoms with van der Waals surface area (Å²) in [5.41, 5.74) is 1.07. The first kappa shape index (κ1) is 15.5. The van der Waals surface area contributed by atoms with E-state index in [2.05, 4.69) is 29.6 Å². The lowest BCUT2D eigenvalue weighted by atomic mass is 10.1. The second-order valence-corrected chi connectivity index (χ2v) is 7.43. The summed E-state index contributed by atoms with van der Waals surface area (Å²) in [4.78, 5) is 14.2. The lowest BCUT2D eigenvalue weighted by molar-refractivity contribution is 0.0956. The SMILES string of the molecule is CC(C)c1nn(C)c2sc(C(=O)NCCC3CCNC3)cc12. The largest absolute Gasteiger partial charge is 0.351 e. The van der Waals surface area contributed by atoms with E-state index >= 15 is 0 Å². The van der Waals surface area contributed by atoms with E-state index < -0.39 is 0 Å². The maximum Gasteiger partial charge on any atom is 0.261 e. The highest BCUT2D eigenvalue weighted by Gasteiger charge is 2.19. The molecule has 0 spiro atoms. The molecule has 1 amide bonds. The first-order valence-electron chi connectivity index (χ1n) is 8.01. The molecule has 1 atom stereocenters. The van der Waals surface area contributed by atoms with E-state index in [1.807, 2.05) is 17.8 Å². The van der Waals surface area contributed by atoms with E-state index in [4.69, 9.17) is 0 Å². The van der Waals surface area contributed by atoms with Crippen molar-refractivity contribution in [2.24, 2.45) is 13.0 Å². The van der Waals surface area contributed by atoms with Gasteiger partial charge in [0, 0.05) is 19.0 Å². The summed E-state index contributed by atoms with van der Waals surface area (Å²) in [7, 11) is 1.94. The zero-order valence-electron chi connectivity index (χ0n) is 13.5. The van der Waals surface area contributed by atoms with E-state index in [0.29, 0.717) is 11.8 Å². The molecule has 0 saturated carbocycles. The van der Waals surface area contributed by atoms with Gasteiger partial charge in [0.2, 0.25) is 0 Å². The van der Waals surface area contributed by atoms with Crippen LogP contribution in [0.15, 0.2) is 6.07 Å². The number of nitrogens with zero attached hydrogens (tertiary/aromatic N) is 2. The van der Waals surface area contributed by atoms with Gasteiger partial charge in [0.05, 0.1) is 10.6 Å². The van der Waals surface area contributed by atoms with Crippen LogP contribution in [0, 0.1) is 5.92 Å². The van der Waals surface area contributed by atoms with Crippen LogP contribution in [0.5, 0.6) is 0 Å². The molecule has 5 nitrogen and oxygen atoms in total. The topological polar surface area (TPSA) is 59.0 Å². The summed E-state index contributed by atoms with van der Waals surface area (Å²) in [6.45, 7) is 7.22. The van der Waals surface area contributed by atoms with E-state index in [9.17, 15) is 4.79 Å². The van der Waals surface area contributed by atoms with Crippen molar-refractivity contribution in [2.45, 2.75) is 32.6 Å². The second-order valence-electron chi connectivity index (χ2n) is 6.40. The summed E-state index contributed by atoms with van der Waals surface area (Å²) < 4.78 is 1.89. The number of hydrogen-bond acceptors (Lipinski definition) is 4. The van der Waals surface area contributed by atoms with Crippen molar-refractivity contribution in [3.8, 4) is 0 Å². The van der Waals surface area contributed by atoms with Crippen molar-refractivity contribution in [1.82, 2.24) is 20.4 Å². The zero-order chi connectivity index (χ0) is 15.7. The van der Waals surface area contributed by atoms with Gasteiger partial charge < -0.3 is 10.6 Å². The fraction of sp³-hybridized carbons (Fsp3) is 0.625. The molecule has 0 bridgehead atoms. The summed E-state index contributed by atoms with van der Waals surface area (Å²) in [6.07, 6.45) is 2.28. The van der Waals surface area contributed by atoms with Gasteiger partial charge in [0.1, 0.15) is 4.83 Å². The van der Waals surface area contributed by atoms with Crippen LogP contribution in [0.1, 0.15) is 48.0 Å². The van der Waals surface area contributed by atoms with Gasteiger partial charge in [-0.25, -0.2) is 0 Å². The van der Waals surface area contributed by atoms with Crippen LogP contribution in [0.4, 0.5) is 0 Å². The molecule has 1 saturated heterocycles. The number of amides is 1. The quantitative estimate of drug-likeness (QED) is 0.890. The van der Waals surface area contributed by atoms with Crippen LogP contribution in [0.2, 0.25) is 0 Å². The van der Waals surface area contributed by atoms with E-state index in [-0.39, 0.29) is 5.91 Å². The van der Waals surface area contributed by atoms with Gasteiger partial charge in [-0.1, -0.05) is 13.8 Å². The number of aromatic nitrogens is 2. The van der Waals surface area contributed by atoms with Gasteiger partial charge in [0.25, 0.3) is 5.91 Å². The summed E-state index contributed by atoms with van der Waals surface area (Å²) in [6, 6.07) is 1.99. The van der Waals surface area contributed by atoms with Crippen LogP contribution in [0.3, 0.4) is 0 Å². The van der Waals surface area contributed by atoms with Crippen molar-refractivity contribution < 1.29 is 4.79 Å². The Morgan fingerprint density at radius 3 is 3.09 bits per heavy atom. The number of carbonyl (C=O) groups excluding carboxylic acids is 1. The third-order valence-corrected chi connectivity index (χ3v) is 5.51. The molecule has 0 radical (unpaired) electrons. The van der Waals surface area contributed by atoms with Crippen molar-refractivity contribution >= 4 is 27.5 Å². The summed E-state index contributed by atoms with van der Waals surface area (Å²) in [5.74, 6) is 1.12. The van der Waals surface area contributed by atoms with Crippen LogP contribution < -0.4 is 10.6 Å². The molecule has 2 aromatic rings. The van der Waals surface area contributed by atoms with Crippen molar-refractivity contribution in [3.63, 3.8) is 0 Å². The fourth-order valence-corrected chi connectivity index (χ4v) is 4.04. The van der Waals surface area contributed by atoms with Crippen LogP contribution >= 0.6 is 11.3 Å². The molecule has 1 aliphatic rings. The molecule has 6 heteroatoms. The third-order valence-electron chi connectivity index (χ3n) is 4.31. The summed E-state index contributed by atoms with van der Waals surface area (Å²) in [5, 5.41) is 12.1. The first-order chi connectivity index (χ1) is 10.6. The molecule has 0 aromatic carbocycles. The van der Waals surface area contributed by atoms with E-state index in [0.717, 1.165) is 46.8 Å². The molecule has 2 N–H and O–H groups in total. The van der Waals surface area contributed by atoms with Gasteiger partial charge in [-0.05, 0) is 43.8 Å². The van der Waals surface area contributed by atoms with Crippen molar-refractivity contribution in [3.05, 3.63) is 16.6 Å². The van der Waals surface area contributed by atoms with E-state index in [1.165, 1.54) is 17.8 Å². The monoisotopic (exact) mass is 320 g/mol. The standard InChI is InChI=1S/C16H24N4OS/c1-10(2)14-12-8-13(22-16(12)20(3)19-14)15(21)18-7-5-11-4-6-17-9-11/h8,10-11,17H,4-7,9H2,1-3H3,(H,18,21). The Morgan fingerprint density at radius 1 is 1.59 bits per heavy atom. The van der Waals surface area contributed by atoms with Gasteiger partial charge >= 0.3 is 0 Å². The highest BCUT2D eigenvalue weighted by Crippen LogP contribution is 2.31. The first-order valence-corrected chi connectivity index (χ1v) is 8.83. The zero-order valence-corrected chi connectivity index (χ0v) is 14.3. The number of nitrogens with one attached hydrogen (secondary N) is 2. The van der Waals surface area contributed by atoms with Crippen LogP contribution in [0.25, 0.3) is 10.2 Å². The Bertz CT molecular complexity index is 667. The van der Waals surface area contributed by atoms with Crippen LogP contribution in [-0.2, 0) is 7.05 Å². The fourth-order valence-electron chi connectivity index (χ4n) is 3.04. The van der Waals surface area contributed by atoms with Gasteiger partial charge in [-0.15, -0.1) is 11.3 Å². The number of rotatable bonds is 5. The molecule has 120 valence electrons. The Morgan fingerprint density at radius 2 is 2.41 bits per heavy atom. The lowest BCUT2D eigenvalue weighted by Crippen LogP contribution is -2.25. The van der Waals surface area contributed by atoms with Gasteiger partial charge in [-0.2, -0.15) is 5.10 Å². The molecular formula is C16H24N4OS. The number of carbonyl (C=O) groups is 1. The number of aryl methyl sites for hydroxylation is 1. The minimum atomic E-state index is 0.0434. The lowest BCUT2D eigenvalue weighted by Gasteiger charge is -2.08. The number of thiophene rings is 1. The smallest absolute Gasteiger partial charge is 0.261 e. The highest BCUT2D eigenvalue weighted by molar-refractivity contribution is 7.20. The maximum atomic E-state index is 12.3. The number of fused-ring (bicyclic) bond motifs is 1. The minimum absolute atomic E-state index is 0.0434. The van der Waals surface area contributed by atoms with Crippen molar-refractivity contribution in [2.75, 3.05) is 19.6 Å². The average Bonchev–Trinajstić information content (AvgIpc) is 3.17. The molecule has 1 fully saturated rings. The molecular weight excluding hydrogens is 296 g/mol. The average molecular weight is 320 g/mol. The van der Waals surface area contributed by atoms with Crippen LogP contribution in [-0.4, -0.2) is 35.3 Å². The maximum absolute atomic E-state index is 12.3. The Hall–Kier alpha value is -1.40. The predicted octanol–water partition coefficient (Wildman–Crippen LogP) is 2.49. The minimum Gasteiger partial charge on any atom is -0.351 e. The normalized spacial score (nSPS) is 18.5. The number of hydrogen-bond donors (Lipinski definition) is 2.